The third-order valence-electron chi connectivity index (χ3n) is 7.72. The van der Waals surface area contributed by atoms with Crippen molar-refractivity contribution in [2.75, 3.05) is 0 Å². The summed E-state index contributed by atoms with van der Waals surface area (Å²) in [7, 11) is 0. The molecule has 0 aromatic heterocycles. The minimum atomic E-state index is -5.41. The molecule has 0 radical (unpaired) electrons. The molecule has 4 bridgehead atoms. The number of hydrogen-bond acceptors (Lipinski definition) is 6. The fourth-order valence-corrected chi connectivity index (χ4v) is 5.82. The van der Waals surface area contributed by atoms with E-state index in [9.17, 15) is 45.1 Å². The highest BCUT2D eigenvalue weighted by atomic mass is 19.4. The van der Waals surface area contributed by atoms with Crippen LogP contribution in [0.4, 0.5) is 30.7 Å². The van der Waals surface area contributed by atoms with Crippen molar-refractivity contribution < 1.29 is 59.3 Å². The molecule has 4 aliphatic rings. The molecule has 13 heteroatoms. The van der Waals surface area contributed by atoms with Crippen molar-refractivity contribution in [3.63, 3.8) is 0 Å². The van der Waals surface area contributed by atoms with Crippen molar-refractivity contribution in [3.05, 3.63) is 0 Å². The highest BCUT2D eigenvalue weighted by Gasteiger charge is 2.69. The number of hydrogen-bond donors (Lipinski definition) is 0. The van der Waals surface area contributed by atoms with Gasteiger partial charge in [-0.2, -0.15) is 22.0 Å². The minimum Gasteiger partial charge on any atom is -0.459 e. The van der Waals surface area contributed by atoms with Crippen LogP contribution in [0.15, 0.2) is 0 Å². The second-order valence-corrected chi connectivity index (χ2v) is 11.5. The van der Waals surface area contributed by atoms with Crippen LogP contribution in [0.5, 0.6) is 0 Å². The van der Waals surface area contributed by atoms with Gasteiger partial charge in [0.2, 0.25) is 0 Å². The third kappa shape index (κ3) is 6.32. The van der Waals surface area contributed by atoms with Gasteiger partial charge in [0.25, 0.3) is 11.7 Å². The second kappa shape index (κ2) is 9.29. The number of halogens is 7. The van der Waals surface area contributed by atoms with Gasteiger partial charge < -0.3 is 14.2 Å². The van der Waals surface area contributed by atoms with Crippen molar-refractivity contribution in [2.24, 2.45) is 23.2 Å². The van der Waals surface area contributed by atoms with Crippen molar-refractivity contribution in [1.82, 2.24) is 0 Å². The van der Waals surface area contributed by atoms with E-state index in [4.69, 9.17) is 14.2 Å². The topological polar surface area (TPSA) is 78.9 Å². The third-order valence-corrected chi connectivity index (χ3v) is 7.72. The molecule has 4 rings (SSSR count). The van der Waals surface area contributed by atoms with Crippen LogP contribution in [-0.2, 0) is 28.6 Å². The molecule has 2 atom stereocenters. The molecule has 4 aliphatic carbocycles. The predicted molar refractivity (Wildman–Crippen MR) is 112 cm³/mol. The quantitative estimate of drug-likeness (QED) is 0.201. The summed E-state index contributed by atoms with van der Waals surface area (Å²) in [6.45, 7) is 5.56. The van der Waals surface area contributed by atoms with Gasteiger partial charge in [-0.25, -0.2) is 13.6 Å². The maximum Gasteiger partial charge on any atom is 0.395 e. The highest BCUT2D eigenvalue weighted by Crippen LogP contribution is 2.63. The molecule has 0 amide bonds. The fraction of sp³-hybridized carbons (Fsp3) is 0.875. The molecular formula is C24H31F7O6. The summed E-state index contributed by atoms with van der Waals surface area (Å²) in [5.74, 6) is -17.9. The maximum absolute atomic E-state index is 14.2. The molecular weight excluding hydrogens is 517 g/mol. The predicted octanol–water partition coefficient (Wildman–Crippen LogP) is 5.96. The Morgan fingerprint density at radius 1 is 0.811 bits per heavy atom. The first-order valence-electron chi connectivity index (χ1n) is 12.1. The lowest BCUT2D eigenvalue weighted by Gasteiger charge is -2.62. The molecule has 0 spiro atoms. The number of alkyl halides is 7. The summed E-state index contributed by atoms with van der Waals surface area (Å²) in [5.41, 5.74) is -1.93. The Hall–Kier alpha value is -2.08. The van der Waals surface area contributed by atoms with Crippen molar-refractivity contribution >= 4 is 17.9 Å². The van der Waals surface area contributed by atoms with Crippen molar-refractivity contribution in [1.29, 1.82) is 0 Å². The lowest BCUT2D eigenvalue weighted by atomic mass is 9.51. The van der Waals surface area contributed by atoms with Gasteiger partial charge in [0.1, 0.15) is 18.4 Å². The van der Waals surface area contributed by atoms with Gasteiger partial charge >= 0.3 is 30.0 Å². The monoisotopic (exact) mass is 548 g/mol. The Labute approximate surface area is 209 Å². The lowest BCUT2D eigenvalue weighted by Crippen LogP contribution is -2.68. The van der Waals surface area contributed by atoms with E-state index >= 15 is 0 Å². The van der Waals surface area contributed by atoms with Crippen LogP contribution in [-0.4, -0.2) is 47.3 Å². The minimum absolute atomic E-state index is 0.0978. The number of carbonyl (C=O) groups is 3. The normalized spacial score (nSPS) is 31.7. The van der Waals surface area contributed by atoms with E-state index in [0.717, 1.165) is 0 Å². The molecule has 0 aromatic rings. The SMILES string of the molecule is CCC(C)(C)C(=O)OC12CC3CC(C1)C(OC(=O)CC(C)(F)F)(OC(=O)C(F)(F)CC(F)(F)F)C(C3)C2. The molecule has 212 valence electrons. The molecule has 4 fully saturated rings. The Kier molecular flexibility index (Phi) is 7.40. The van der Waals surface area contributed by atoms with E-state index in [1.54, 1.807) is 20.8 Å². The Morgan fingerprint density at radius 3 is 1.81 bits per heavy atom. The molecule has 2 unspecified atom stereocenters. The summed E-state index contributed by atoms with van der Waals surface area (Å²) >= 11 is 0. The van der Waals surface area contributed by atoms with E-state index in [-0.39, 0.29) is 31.6 Å². The van der Waals surface area contributed by atoms with Crippen LogP contribution in [0, 0.1) is 23.2 Å². The largest absolute Gasteiger partial charge is 0.459 e. The number of esters is 3. The van der Waals surface area contributed by atoms with Gasteiger partial charge in [-0.15, -0.1) is 0 Å². The summed E-state index contributed by atoms with van der Waals surface area (Å²) in [4.78, 5) is 37.6. The molecule has 0 aromatic carbocycles. The van der Waals surface area contributed by atoms with Crippen LogP contribution in [0.25, 0.3) is 0 Å². The summed E-state index contributed by atoms with van der Waals surface area (Å²) in [6.07, 6.45) is -8.69. The first kappa shape index (κ1) is 29.5. The van der Waals surface area contributed by atoms with Gasteiger partial charge in [0.05, 0.1) is 5.41 Å². The first-order valence-corrected chi connectivity index (χ1v) is 12.1. The van der Waals surface area contributed by atoms with Crippen LogP contribution < -0.4 is 0 Å². The van der Waals surface area contributed by atoms with E-state index in [1.807, 2.05) is 0 Å². The van der Waals surface area contributed by atoms with E-state index < -0.39 is 77.4 Å². The first-order chi connectivity index (χ1) is 16.6. The van der Waals surface area contributed by atoms with E-state index in [1.165, 1.54) is 0 Å². The summed E-state index contributed by atoms with van der Waals surface area (Å²) in [6, 6.07) is 0. The molecule has 0 N–H and O–H groups in total. The number of rotatable bonds is 9. The Bertz CT molecular complexity index is 908. The molecule has 0 aliphatic heterocycles. The summed E-state index contributed by atoms with van der Waals surface area (Å²) in [5, 5.41) is 0. The highest BCUT2D eigenvalue weighted by molar-refractivity contribution is 5.79. The van der Waals surface area contributed by atoms with Gasteiger partial charge in [-0.1, -0.05) is 6.92 Å². The van der Waals surface area contributed by atoms with Crippen LogP contribution in [0.2, 0.25) is 0 Å². The standard InChI is InChI=1S/C24H31F7O6/c1-5-19(2,3)17(33)36-21-8-13-6-14(9-21)24(15(7-13)10-21,35-16(32)11-20(4,25)26)37-18(34)22(27,28)12-23(29,30)31/h13-15H,5-12H2,1-4H3. The van der Waals surface area contributed by atoms with E-state index in [0.29, 0.717) is 19.8 Å². The Balaban J connectivity index is 1.94. The molecule has 0 heterocycles. The zero-order valence-electron chi connectivity index (χ0n) is 21.0. The van der Waals surface area contributed by atoms with Crippen LogP contribution in [0.3, 0.4) is 0 Å². The van der Waals surface area contributed by atoms with Crippen molar-refractivity contribution in [2.45, 2.75) is 108 Å². The van der Waals surface area contributed by atoms with E-state index in [2.05, 4.69) is 0 Å². The molecule has 37 heavy (non-hydrogen) atoms. The summed E-state index contributed by atoms with van der Waals surface area (Å²) < 4.78 is 109. The lowest BCUT2D eigenvalue weighted by molar-refractivity contribution is -0.337. The average Bonchev–Trinajstić information content (AvgIpc) is 2.67. The zero-order valence-corrected chi connectivity index (χ0v) is 21.0. The van der Waals surface area contributed by atoms with Gasteiger partial charge in [0, 0.05) is 11.8 Å². The van der Waals surface area contributed by atoms with Crippen molar-refractivity contribution in [3.8, 4) is 0 Å². The van der Waals surface area contributed by atoms with Gasteiger partial charge in [0.15, 0.2) is 0 Å². The number of ether oxygens (including phenoxy) is 3. The zero-order chi connectivity index (χ0) is 28.2. The second-order valence-electron chi connectivity index (χ2n) is 11.5. The van der Waals surface area contributed by atoms with Crippen LogP contribution in [0.1, 0.15) is 79.1 Å². The molecule has 0 saturated heterocycles. The van der Waals surface area contributed by atoms with Gasteiger partial charge in [-0.3, -0.25) is 9.59 Å². The fourth-order valence-electron chi connectivity index (χ4n) is 5.82. The smallest absolute Gasteiger partial charge is 0.395 e. The van der Waals surface area contributed by atoms with Crippen LogP contribution >= 0.6 is 0 Å². The molecule has 4 saturated carbocycles. The molecule has 6 nitrogen and oxygen atoms in total. The number of carbonyl (C=O) groups excluding carboxylic acids is 3. The van der Waals surface area contributed by atoms with Gasteiger partial charge in [-0.05, 0) is 65.2 Å². The maximum atomic E-state index is 14.2. The average molecular weight is 548 g/mol. The Morgan fingerprint density at radius 2 is 1.35 bits per heavy atom.